The van der Waals surface area contributed by atoms with Gasteiger partial charge in [-0.25, -0.2) is 0 Å². The van der Waals surface area contributed by atoms with Crippen LogP contribution < -0.4 is 10.6 Å². The van der Waals surface area contributed by atoms with E-state index in [1.807, 2.05) is 31.3 Å². The number of hydrogen-bond acceptors (Lipinski definition) is 3. The number of piperidine rings is 1. The summed E-state index contributed by atoms with van der Waals surface area (Å²) in [5.74, 6) is 0. The number of rotatable bonds is 2. The maximum Gasteiger partial charge on any atom is 0.0953 e. The fourth-order valence-corrected chi connectivity index (χ4v) is 3.27. The van der Waals surface area contributed by atoms with Crippen molar-refractivity contribution in [1.29, 1.82) is 0 Å². The van der Waals surface area contributed by atoms with Crippen LogP contribution in [-0.2, 0) is 0 Å². The van der Waals surface area contributed by atoms with Gasteiger partial charge in [-0.15, -0.1) is 0 Å². The molecule has 0 radical (unpaired) electrons. The van der Waals surface area contributed by atoms with E-state index < -0.39 is 0 Å². The van der Waals surface area contributed by atoms with Crippen LogP contribution in [0.1, 0.15) is 37.8 Å². The Hall–Kier alpha value is -1.32. The molecule has 1 aliphatic heterocycles. The molecule has 1 aromatic heterocycles. The lowest BCUT2D eigenvalue weighted by Gasteiger charge is -2.32. The number of nitrogens with zero attached hydrogens (tertiary/aromatic N) is 2. The maximum absolute atomic E-state index is 6.40. The van der Waals surface area contributed by atoms with Gasteiger partial charge in [-0.1, -0.05) is 11.6 Å². The van der Waals surface area contributed by atoms with Gasteiger partial charge < -0.3 is 10.6 Å². The summed E-state index contributed by atoms with van der Waals surface area (Å²) in [6.07, 6.45) is 5.60. The number of benzene rings is 1. The Morgan fingerprint density at radius 2 is 2.05 bits per heavy atom. The molecule has 3 rings (SSSR count). The monoisotopic (exact) mass is 289 g/mol. The van der Waals surface area contributed by atoms with Gasteiger partial charge in [0.05, 0.1) is 16.2 Å². The van der Waals surface area contributed by atoms with E-state index in [2.05, 4.69) is 9.88 Å². The Morgan fingerprint density at radius 1 is 1.30 bits per heavy atom. The summed E-state index contributed by atoms with van der Waals surface area (Å²) >= 11 is 6.40. The Bertz CT molecular complexity index is 618. The van der Waals surface area contributed by atoms with E-state index >= 15 is 0 Å². The molecule has 1 saturated heterocycles. The predicted molar refractivity (Wildman–Crippen MR) is 85.4 cm³/mol. The highest BCUT2D eigenvalue weighted by molar-refractivity contribution is 6.36. The molecule has 106 valence electrons. The highest BCUT2D eigenvalue weighted by Crippen LogP contribution is 2.37. The minimum absolute atomic E-state index is 0.0455. The van der Waals surface area contributed by atoms with Crippen LogP contribution in [0, 0.1) is 0 Å². The van der Waals surface area contributed by atoms with Crippen molar-refractivity contribution in [2.45, 2.75) is 32.2 Å². The Kier molecular flexibility index (Phi) is 3.81. The number of aromatic nitrogens is 1. The summed E-state index contributed by atoms with van der Waals surface area (Å²) in [7, 11) is 0. The standard InChI is InChI=1S/C16H20ClN3/c1-11(18)13-10-14(17)12-6-5-7-19-15(12)16(13)20-8-3-2-4-9-20/h5-7,10-11H,2-4,8-9,18H2,1H3. The maximum atomic E-state index is 6.40. The van der Waals surface area contributed by atoms with Crippen molar-refractivity contribution in [3.8, 4) is 0 Å². The molecule has 1 aliphatic rings. The topological polar surface area (TPSA) is 42.1 Å². The third-order valence-electron chi connectivity index (χ3n) is 4.01. The molecule has 0 saturated carbocycles. The second-order valence-electron chi connectivity index (χ2n) is 5.53. The van der Waals surface area contributed by atoms with Crippen LogP contribution in [0.5, 0.6) is 0 Å². The van der Waals surface area contributed by atoms with E-state index in [4.69, 9.17) is 17.3 Å². The number of anilines is 1. The van der Waals surface area contributed by atoms with Gasteiger partial charge >= 0.3 is 0 Å². The zero-order valence-electron chi connectivity index (χ0n) is 11.8. The normalized spacial score (nSPS) is 17.4. The molecule has 0 aliphatic carbocycles. The molecule has 3 nitrogen and oxygen atoms in total. The molecular formula is C16H20ClN3. The molecule has 1 fully saturated rings. The quantitative estimate of drug-likeness (QED) is 0.912. The van der Waals surface area contributed by atoms with Crippen LogP contribution >= 0.6 is 11.6 Å². The average Bonchev–Trinajstić information content (AvgIpc) is 2.48. The van der Waals surface area contributed by atoms with Crippen molar-refractivity contribution >= 4 is 28.2 Å². The molecule has 2 aromatic rings. The zero-order chi connectivity index (χ0) is 14.1. The molecule has 20 heavy (non-hydrogen) atoms. The molecule has 1 aromatic carbocycles. The van der Waals surface area contributed by atoms with Gasteiger partial charge in [0.15, 0.2) is 0 Å². The number of nitrogens with two attached hydrogens (primary N) is 1. The third kappa shape index (κ3) is 2.36. The zero-order valence-corrected chi connectivity index (χ0v) is 12.5. The summed E-state index contributed by atoms with van der Waals surface area (Å²) in [6, 6.07) is 5.93. The fraction of sp³-hybridized carbons (Fsp3) is 0.438. The smallest absolute Gasteiger partial charge is 0.0953 e. The number of pyridine rings is 1. The van der Waals surface area contributed by atoms with Crippen molar-refractivity contribution in [2.24, 2.45) is 5.73 Å². The molecule has 2 heterocycles. The van der Waals surface area contributed by atoms with Crippen LogP contribution in [0.4, 0.5) is 5.69 Å². The van der Waals surface area contributed by atoms with Gasteiger partial charge in [-0.2, -0.15) is 0 Å². The largest absolute Gasteiger partial charge is 0.370 e. The summed E-state index contributed by atoms with van der Waals surface area (Å²) in [4.78, 5) is 7.00. The first kappa shape index (κ1) is 13.7. The van der Waals surface area contributed by atoms with Gasteiger partial charge in [0.25, 0.3) is 0 Å². The lowest BCUT2D eigenvalue weighted by molar-refractivity contribution is 0.576. The van der Waals surface area contributed by atoms with Crippen LogP contribution in [0.25, 0.3) is 10.9 Å². The van der Waals surface area contributed by atoms with E-state index in [1.54, 1.807) is 0 Å². The fourth-order valence-electron chi connectivity index (χ4n) is 3.00. The second-order valence-corrected chi connectivity index (χ2v) is 5.94. The molecule has 4 heteroatoms. The molecule has 1 atom stereocenters. The van der Waals surface area contributed by atoms with Crippen LogP contribution in [-0.4, -0.2) is 18.1 Å². The second kappa shape index (κ2) is 5.58. The Balaban J connectivity index is 2.25. The van der Waals surface area contributed by atoms with E-state index in [-0.39, 0.29) is 6.04 Å². The van der Waals surface area contributed by atoms with Gasteiger partial charge in [0.1, 0.15) is 0 Å². The first-order valence-electron chi connectivity index (χ1n) is 7.26. The minimum Gasteiger partial charge on any atom is -0.370 e. The van der Waals surface area contributed by atoms with E-state index in [0.29, 0.717) is 0 Å². The SMILES string of the molecule is CC(N)c1cc(Cl)c2cccnc2c1N1CCCCC1. The lowest BCUT2D eigenvalue weighted by Crippen LogP contribution is -2.31. The highest BCUT2D eigenvalue weighted by atomic mass is 35.5. The highest BCUT2D eigenvalue weighted by Gasteiger charge is 2.21. The number of halogens is 1. The van der Waals surface area contributed by atoms with Gasteiger partial charge in [0.2, 0.25) is 0 Å². The number of fused-ring (bicyclic) bond motifs is 1. The van der Waals surface area contributed by atoms with E-state index in [0.717, 1.165) is 34.6 Å². The van der Waals surface area contributed by atoms with Crippen LogP contribution in [0.15, 0.2) is 24.4 Å². The average molecular weight is 290 g/mol. The van der Waals surface area contributed by atoms with Crippen LogP contribution in [0.2, 0.25) is 5.02 Å². The first-order valence-corrected chi connectivity index (χ1v) is 7.64. The summed E-state index contributed by atoms with van der Waals surface area (Å²) in [5.41, 5.74) is 9.43. The van der Waals surface area contributed by atoms with Gasteiger partial charge in [-0.3, -0.25) is 4.98 Å². The van der Waals surface area contributed by atoms with E-state index in [9.17, 15) is 0 Å². The Morgan fingerprint density at radius 3 is 2.75 bits per heavy atom. The first-order chi connectivity index (χ1) is 9.68. The molecule has 0 bridgehead atoms. The molecule has 0 amide bonds. The van der Waals surface area contributed by atoms with Crippen molar-refractivity contribution in [3.63, 3.8) is 0 Å². The van der Waals surface area contributed by atoms with Crippen molar-refractivity contribution < 1.29 is 0 Å². The molecular weight excluding hydrogens is 270 g/mol. The molecule has 1 unspecified atom stereocenters. The van der Waals surface area contributed by atoms with Crippen molar-refractivity contribution in [1.82, 2.24) is 4.98 Å². The van der Waals surface area contributed by atoms with Crippen molar-refractivity contribution in [3.05, 3.63) is 35.0 Å². The molecule has 2 N–H and O–H groups in total. The minimum atomic E-state index is -0.0455. The van der Waals surface area contributed by atoms with Crippen molar-refractivity contribution in [2.75, 3.05) is 18.0 Å². The summed E-state index contributed by atoms with van der Waals surface area (Å²) in [6.45, 7) is 4.16. The molecule has 0 spiro atoms. The van der Waals surface area contributed by atoms with Gasteiger partial charge in [-0.05, 0) is 49.9 Å². The number of hydrogen-bond donors (Lipinski definition) is 1. The van der Waals surface area contributed by atoms with E-state index in [1.165, 1.54) is 24.9 Å². The third-order valence-corrected chi connectivity index (χ3v) is 4.32. The summed E-state index contributed by atoms with van der Waals surface area (Å²) in [5, 5.41) is 1.75. The van der Waals surface area contributed by atoms with Crippen LogP contribution in [0.3, 0.4) is 0 Å². The lowest BCUT2D eigenvalue weighted by atomic mass is 10.00. The van der Waals surface area contributed by atoms with Gasteiger partial charge in [0, 0.05) is 30.7 Å². The Labute approximate surface area is 124 Å². The summed E-state index contributed by atoms with van der Waals surface area (Å²) < 4.78 is 0. The predicted octanol–water partition coefficient (Wildman–Crippen LogP) is 3.90.